The maximum atomic E-state index is 12.8. The molecule has 0 bridgehead atoms. The topological polar surface area (TPSA) is 76.7 Å². The molecule has 0 saturated heterocycles. The molecule has 2 rings (SSSR count). The zero-order chi connectivity index (χ0) is 23.9. The Morgan fingerprint density at radius 2 is 1.24 bits per heavy atom. The Bertz CT molecular complexity index is 860. The average molecular weight is 455 g/mol. The maximum Gasteiger partial charge on any atom is 0.263 e. The van der Waals surface area contributed by atoms with Crippen molar-refractivity contribution >= 4 is 23.2 Å². The largest absolute Gasteiger partial charge is 0.496 e. The number of carbonyl (C=O) groups is 2. The standard InChI is InChI=1S/C27H38N2O4/c1-4-5-6-7-8-9-10-11-12-19-25(30)28-21-15-13-16-22(20-21)29-27(31)26-23(32-2)17-14-18-24(26)33-3/h13-18,20H,4-12,19H2,1-3H3,(H,28,30)(H,29,31). The van der Waals surface area contributed by atoms with E-state index >= 15 is 0 Å². The van der Waals surface area contributed by atoms with E-state index in [1.54, 1.807) is 36.4 Å². The van der Waals surface area contributed by atoms with Crippen molar-refractivity contribution in [2.75, 3.05) is 24.9 Å². The van der Waals surface area contributed by atoms with Gasteiger partial charge in [-0.3, -0.25) is 9.59 Å². The van der Waals surface area contributed by atoms with Crippen LogP contribution in [0.5, 0.6) is 11.5 Å². The summed E-state index contributed by atoms with van der Waals surface area (Å²) in [4.78, 5) is 25.2. The number of nitrogens with one attached hydrogen (secondary N) is 2. The molecule has 2 aromatic carbocycles. The van der Waals surface area contributed by atoms with E-state index in [1.165, 1.54) is 59.2 Å². The van der Waals surface area contributed by atoms with Crippen molar-refractivity contribution in [1.82, 2.24) is 0 Å². The number of methoxy groups -OCH3 is 2. The Morgan fingerprint density at radius 1 is 0.727 bits per heavy atom. The molecule has 2 N–H and O–H groups in total. The Morgan fingerprint density at radius 3 is 1.82 bits per heavy atom. The quantitative estimate of drug-likeness (QED) is 0.290. The van der Waals surface area contributed by atoms with Gasteiger partial charge in [-0.05, 0) is 36.8 Å². The molecule has 0 fully saturated rings. The van der Waals surface area contributed by atoms with Crippen molar-refractivity contribution in [3.05, 3.63) is 48.0 Å². The molecule has 2 aromatic rings. The molecular weight excluding hydrogens is 416 g/mol. The molecule has 0 heterocycles. The lowest BCUT2D eigenvalue weighted by Crippen LogP contribution is -2.15. The third kappa shape index (κ3) is 9.16. The zero-order valence-corrected chi connectivity index (χ0v) is 20.2. The number of ether oxygens (including phenoxy) is 2. The van der Waals surface area contributed by atoms with Gasteiger partial charge in [0.05, 0.1) is 14.2 Å². The van der Waals surface area contributed by atoms with Gasteiger partial charge in [-0.2, -0.15) is 0 Å². The van der Waals surface area contributed by atoms with Crippen molar-refractivity contribution < 1.29 is 19.1 Å². The molecule has 0 aliphatic heterocycles. The summed E-state index contributed by atoms with van der Waals surface area (Å²) in [6, 6.07) is 12.3. The van der Waals surface area contributed by atoms with Gasteiger partial charge in [0.25, 0.3) is 5.91 Å². The van der Waals surface area contributed by atoms with Gasteiger partial charge in [0.1, 0.15) is 17.1 Å². The van der Waals surface area contributed by atoms with Gasteiger partial charge in [-0.15, -0.1) is 0 Å². The summed E-state index contributed by atoms with van der Waals surface area (Å²) in [5.74, 6) is 0.504. The lowest BCUT2D eigenvalue weighted by molar-refractivity contribution is -0.116. The number of amides is 2. The molecule has 6 nitrogen and oxygen atoms in total. The summed E-state index contributed by atoms with van der Waals surface area (Å²) < 4.78 is 10.6. The van der Waals surface area contributed by atoms with Crippen LogP contribution in [0.4, 0.5) is 11.4 Å². The highest BCUT2D eigenvalue weighted by molar-refractivity contribution is 6.08. The van der Waals surface area contributed by atoms with Gasteiger partial charge < -0.3 is 20.1 Å². The Labute approximate surface area is 198 Å². The van der Waals surface area contributed by atoms with Crippen molar-refractivity contribution in [2.24, 2.45) is 0 Å². The Hall–Kier alpha value is -3.02. The highest BCUT2D eigenvalue weighted by Gasteiger charge is 2.18. The lowest BCUT2D eigenvalue weighted by Gasteiger charge is -2.13. The van der Waals surface area contributed by atoms with Crippen LogP contribution in [0.1, 0.15) is 81.5 Å². The second-order valence-corrected chi connectivity index (χ2v) is 8.20. The summed E-state index contributed by atoms with van der Waals surface area (Å²) in [5.41, 5.74) is 1.55. The monoisotopic (exact) mass is 454 g/mol. The number of rotatable bonds is 15. The van der Waals surface area contributed by atoms with Crippen LogP contribution in [0.2, 0.25) is 0 Å². The van der Waals surface area contributed by atoms with Crippen LogP contribution in [-0.4, -0.2) is 26.0 Å². The predicted molar refractivity (Wildman–Crippen MR) is 134 cm³/mol. The number of carbonyl (C=O) groups excluding carboxylic acids is 2. The van der Waals surface area contributed by atoms with Crippen molar-refractivity contribution in [3.8, 4) is 11.5 Å². The van der Waals surface area contributed by atoms with E-state index in [0.29, 0.717) is 34.9 Å². The molecule has 33 heavy (non-hydrogen) atoms. The van der Waals surface area contributed by atoms with Gasteiger partial charge in [-0.1, -0.05) is 70.4 Å². The summed E-state index contributed by atoms with van der Waals surface area (Å²) >= 11 is 0. The van der Waals surface area contributed by atoms with Gasteiger partial charge in [0.2, 0.25) is 5.91 Å². The van der Waals surface area contributed by atoms with Crippen LogP contribution >= 0.6 is 0 Å². The van der Waals surface area contributed by atoms with E-state index < -0.39 is 0 Å². The fraction of sp³-hybridized carbons (Fsp3) is 0.481. The molecule has 0 spiro atoms. The van der Waals surface area contributed by atoms with Crippen molar-refractivity contribution in [3.63, 3.8) is 0 Å². The predicted octanol–water partition coefficient (Wildman–Crippen LogP) is 6.82. The minimum absolute atomic E-state index is 0.00665. The molecule has 0 aliphatic carbocycles. The van der Waals surface area contributed by atoms with Crippen molar-refractivity contribution in [2.45, 2.75) is 71.1 Å². The van der Waals surface area contributed by atoms with Crippen LogP contribution in [0.3, 0.4) is 0 Å². The molecule has 0 aliphatic rings. The van der Waals surface area contributed by atoms with Gasteiger partial charge in [0.15, 0.2) is 0 Å². The molecule has 180 valence electrons. The van der Waals surface area contributed by atoms with E-state index in [0.717, 1.165) is 12.8 Å². The van der Waals surface area contributed by atoms with Crippen LogP contribution in [0.15, 0.2) is 42.5 Å². The first-order chi connectivity index (χ1) is 16.1. The molecule has 0 aromatic heterocycles. The van der Waals surface area contributed by atoms with Crippen LogP contribution < -0.4 is 20.1 Å². The molecule has 0 saturated carbocycles. The van der Waals surface area contributed by atoms with Gasteiger partial charge >= 0.3 is 0 Å². The average Bonchev–Trinajstić information content (AvgIpc) is 2.82. The number of benzene rings is 2. The first kappa shape index (κ1) is 26.2. The lowest BCUT2D eigenvalue weighted by atomic mass is 10.1. The highest BCUT2D eigenvalue weighted by atomic mass is 16.5. The minimum atomic E-state index is -0.345. The minimum Gasteiger partial charge on any atom is -0.496 e. The van der Waals surface area contributed by atoms with Crippen LogP contribution in [0, 0.1) is 0 Å². The van der Waals surface area contributed by atoms with Crippen molar-refractivity contribution in [1.29, 1.82) is 0 Å². The highest BCUT2D eigenvalue weighted by Crippen LogP contribution is 2.29. The summed E-state index contributed by atoms with van der Waals surface area (Å²) in [5, 5.41) is 5.78. The number of hydrogen-bond donors (Lipinski definition) is 2. The van der Waals surface area contributed by atoms with E-state index in [1.807, 2.05) is 6.07 Å². The molecule has 2 amide bonds. The third-order valence-electron chi connectivity index (χ3n) is 5.57. The third-order valence-corrected chi connectivity index (χ3v) is 5.57. The first-order valence-electron chi connectivity index (χ1n) is 12.0. The fourth-order valence-electron chi connectivity index (χ4n) is 3.76. The van der Waals surface area contributed by atoms with Gasteiger partial charge in [-0.25, -0.2) is 0 Å². The van der Waals surface area contributed by atoms with E-state index in [-0.39, 0.29) is 11.8 Å². The number of hydrogen-bond acceptors (Lipinski definition) is 4. The summed E-state index contributed by atoms with van der Waals surface area (Å²) in [6.45, 7) is 2.23. The number of unbranched alkanes of at least 4 members (excludes halogenated alkanes) is 8. The number of anilines is 2. The van der Waals surface area contributed by atoms with E-state index in [9.17, 15) is 9.59 Å². The first-order valence-corrected chi connectivity index (χ1v) is 12.0. The molecule has 6 heteroatoms. The molecule has 0 radical (unpaired) electrons. The second-order valence-electron chi connectivity index (χ2n) is 8.20. The molecule has 0 atom stereocenters. The molecular formula is C27H38N2O4. The van der Waals surface area contributed by atoms with Gasteiger partial charge in [0, 0.05) is 17.8 Å². The summed E-state index contributed by atoms with van der Waals surface area (Å²) in [6.07, 6.45) is 11.5. The van der Waals surface area contributed by atoms with E-state index in [4.69, 9.17) is 9.47 Å². The smallest absolute Gasteiger partial charge is 0.263 e. The van der Waals surface area contributed by atoms with Crippen LogP contribution in [-0.2, 0) is 4.79 Å². The Kier molecular flexibility index (Phi) is 11.9. The Balaban J connectivity index is 1.80. The van der Waals surface area contributed by atoms with E-state index in [2.05, 4.69) is 17.6 Å². The fourth-order valence-corrected chi connectivity index (χ4v) is 3.76. The summed E-state index contributed by atoms with van der Waals surface area (Å²) in [7, 11) is 3.02. The molecule has 0 unspecified atom stereocenters. The normalized spacial score (nSPS) is 10.5. The van der Waals surface area contributed by atoms with Crippen LogP contribution in [0.25, 0.3) is 0 Å². The SMILES string of the molecule is CCCCCCCCCCCC(=O)Nc1cccc(NC(=O)c2c(OC)cccc2OC)c1. The second kappa shape index (κ2) is 14.9. The maximum absolute atomic E-state index is 12.8. The zero-order valence-electron chi connectivity index (χ0n) is 20.2.